The second-order valence-electron chi connectivity index (χ2n) is 5.99. The number of nitrogens with zero attached hydrogens (tertiary/aromatic N) is 1. The Balaban J connectivity index is 1.61. The zero-order valence-electron chi connectivity index (χ0n) is 12.0. The molecule has 0 spiro atoms. The van der Waals surface area contributed by atoms with Crippen LogP contribution in [0.2, 0.25) is 0 Å². The van der Waals surface area contributed by atoms with Crippen molar-refractivity contribution in [2.45, 2.75) is 24.5 Å². The fourth-order valence-electron chi connectivity index (χ4n) is 3.33. The molecule has 2 heterocycles. The molecule has 0 N–H and O–H groups in total. The third-order valence-electron chi connectivity index (χ3n) is 4.58. The molecular weight excluding hydrogens is 312 g/mol. The Hall–Kier alpha value is -1.50. The van der Waals surface area contributed by atoms with E-state index < -0.39 is 26.7 Å². The molecule has 0 bridgehead atoms. The van der Waals surface area contributed by atoms with Crippen LogP contribution in [0.5, 0.6) is 0 Å². The van der Waals surface area contributed by atoms with E-state index in [1.165, 1.54) is 0 Å². The second kappa shape index (κ2) is 5.61. The van der Waals surface area contributed by atoms with E-state index in [-0.39, 0.29) is 42.5 Å². The predicted octanol–water partition coefficient (Wildman–Crippen LogP) is 1.54. The Morgan fingerprint density at radius 2 is 2.05 bits per heavy atom. The molecule has 2 aliphatic heterocycles. The number of aryl methyl sites for hydroxylation is 1. The molecule has 1 aromatic carbocycles. The molecule has 3 rings (SSSR count). The van der Waals surface area contributed by atoms with Crippen LogP contribution in [-0.4, -0.2) is 43.3 Å². The second-order valence-corrected chi connectivity index (χ2v) is 8.33. The molecule has 1 amide bonds. The normalized spacial score (nSPS) is 26.2. The van der Waals surface area contributed by atoms with Crippen LogP contribution in [0, 0.1) is 17.6 Å². The molecule has 2 fully saturated rings. The van der Waals surface area contributed by atoms with Crippen LogP contribution >= 0.6 is 0 Å². The van der Waals surface area contributed by atoms with Crippen molar-refractivity contribution in [1.29, 1.82) is 0 Å². The lowest BCUT2D eigenvalue weighted by Gasteiger charge is -2.17. The number of rotatable bonds is 3. The summed E-state index contributed by atoms with van der Waals surface area (Å²) >= 11 is 0. The van der Waals surface area contributed by atoms with Gasteiger partial charge in [-0.15, -0.1) is 0 Å². The van der Waals surface area contributed by atoms with Gasteiger partial charge in [0.25, 0.3) is 0 Å². The van der Waals surface area contributed by atoms with E-state index in [0.717, 1.165) is 18.2 Å². The summed E-state index contributed by atoms with van der Waals surface area (Å²) in [4.78, 5) is 13.7. The quantitative estimate of drug-likeness (QED) is 0.845. The molecule has 0 saturated carbocycles. The van der Waals surface area contributed by atoms with Crippen molar-refractivity contribution in [3.63, 3.8) is 0 Å². The topological polar surface area (TPSA) is 54.5 Å². The summed E-state index contributed by atoms with van der Waals surface area (Å²) < 4.78 is 50.3. The number of hydrogen-bond acceptors (Lipinski definition) is 3. The summed E-state index contributed by atoms with van der Waals surface area (Å²) in [6.07, 6.45) is 0.774. The van der Waals surface area contributed by atoms with Gasteiger partial charge in [0, 0.05) is 19.5 Å². The summed E-state index contributed by atoms with van der Waals surface area (Å²) in [6, 6.07) is 3.17. The minimum atomic E-state index is -3.07. The zero-order chi connectivity index (χ0) is 15.9. The number of hydrogen-bond donors (Lipinski definition) is 0. The standard InChI is InChI=1S/C15H17F2NO3S/c16-12-2-3-13(17)10(7-12)1-4-15(19)18-8-11-5-6-22(20,21)14(11)9-18/h2-3,7,11,14H,1,4-6,8-9H2/t11-,14+/m0/s1. The monoisotopic (exact) mass is 329 g/mol. The van der Waals surface area contributed by atoms with Crippen LogP contribution in [0.3, 0.4) is 0 Å². The Kier molecular flexibility index (Phi) is 3.92. The first-order chi connectivity index (χ1) is 10.4. The maximum absolute atomic E-state index is 13.5. The SMILES string of the molecule is O=C(CCc1cc(F)ccc1F)N1C[C@@H]2CCS(=O)(=O)[C@@H]2C1. The molecule has 22 heavy (non-hydrogen) atoms. The van der Waals surface area contributed by atoms with E-state index >= 15 is 0 Å². The van der Waals surface area contributed by atoms with E-state index in [1.54, 1.807) is 4.90 Å². The molecular formula is C15H17F2NO3S. The van der Waals surface area contributed by atoms with E-state index in [9.17, 15) is 22.0 Å². The molecule has 7 heteroatoms. The maximum atomic E-state index is 13.5. The zero-order valence-corrected chi connectivity index (χ0v) is 12.8. The molecule has 2 aliphatic rings. The smallest absolute Gasteiger partial charge is 0.222 e. The van der Waals surface area contributed by atoms with Crippen LogP contribution < -0.4 is 0 Å². The number of carbonyl (C=O) groups is 1. The minimum Gasteiger partial charge on any atom is -0.341 e. The Morgan fingerprint density at radius 1 is 1.27 bits per heavy atom. The van der Waals surface area contributed by atoms with Crippen molar-refractivity contribution < 1.29 is 22.0 Å². The number of sulfone groups is 1. The Labute approximate surface area is 128 Å². The van der Waals surface area contributed by atoms with Crippen LogP contribution in [0.25, 0.3) is 0 Å². The van der Waals surface area contributed by atoms with Gasteiger partial charge in [-0.1, -0.05) is 0 Å². The largest absolute Gasteiger partial charge is 0.341 e. The Morgan fingerprint density at radius 3 is 2.77 bits per heavy atom. The molecule has 0 aromatic heterocycles. The van der Waals surface area contributed by atoms with E-state index in [0.29, 0.717) is 13.0 Å². The highest BCUT2D eigenvalue weighted by Crippen LogP contribution is 2.33. The summed E-state index contributed by atoms with van der Waals surface area (Å²) in [5, 5.41) is -0.442. The number of amides is 1. The molecule has 0 radical (unpaired) electrons. The fraction of sp³-hybridized carbons (Fsp3) is 0.533. The molecule has 120 valence electrons. The lowest BCUT2D eigenvalue weighted by Crippen LogP contribution is -2.32. The molecule has 0 unspecified atom stereocenters. The van der Waals surface area contributed by atoms with Gasteiger partial charge in [-0.2, -0.15) is 0 Å². The first-order valence-corrected chi connectivity index (χ1v) is 9.01. The van der Waals surface area contributed by atoms with Gasteiger partial charge in [0.05, 0.1) is 11.0 Å². The number of halogens is 2. The summed E-state index contributed by atoms with van der Waals surface area (Å²) in [5.41, 5.74) is 0.167. The Bertz CT molecular complexity index is 705. The van der Waals surface area contributed by atoms with Gasteiger partial charge in [-0.3, -0.25) is 4.79 Å². The first kappa shape index (κ1) is 15.4. The molecule has 1 aromatic rings. The third kappa shape index (κ3) is 2.86. The average Bonchev–Trinajstić information content (AvgIpc) is 3.01. The van der Waals surface area contributed by atoms with E-state index in [2.05, 4.69) is 0 Å². The molecule has 0 aliphatic carbocycles. The van der Waals surface area contributed by atoms with Crippen LogP contribution in [0.1, 0.15) is 18.4 Å². The van der Waals surface area contributed by atoms with Gasteiger partial charge >= 0.3 is 0 Å². The molecule has 4 nitrogen and oxygen atoms in total. The lowest BCUT2D eigenvalue weighted by atomic mass is 10.1. The lowest BCUT2D eigenvalue weighted by molar-refractivity contribution is -0.130. The van der Waals surface area contributed by atoms with Crippen LogP contribution in [0.4, 0.5) is 8.78 Å². The van der Waals surface area contributed by atoms with Crippen molar-refractivity contribution in [3.05, 3.63) is 35.4 Å². The first-order valence-electron chi connectivity index (χ1n) is 7.30. The van der Waals surface area contributed by atoms with Crippen LogP contribution in [-0.2, 0) is 21.1 Å². The third-order valence-corrected chi connectivity index (χ3v) is 6.85. The van der Waals surface area contributed by atoms with Crippen molar-refractivity contribution >= 4 is 15.7 Å². The number of carbonyl (C=O) groups excluding carboxylic acids is 1. The number of likely N-dealkylation sites (tertiary alicyclic amines) is 1. The molecule has 2 saturated heterocycles. The molecule has 2 atom stereocenters. The summed E-state index contributed by atoms with van der Waals surface area (Å²) in [5.74, 6) is -1.03. The van der Waals surface area contributed by atoms with Crippen molar-refractivity contribution in [1.82, 2.24) is 4.90 Å². The average molecular weight is 329 g/mol. The van der Waals surface area contributed by atoms with Gasteiger partial charge in [0.2, 0.25) is 5.91 Å². The highest BCUT2D eigenvalue weighted by molar-refractivity contribution is 7.92. The van der Waals surface area contributed by atoms with Gasteiger partial charge in [-0.05, 0) is 42.5 Å². The number of fused-ring (bicyclic) bond motifs is 1. The van der Waals surface area contributed by atoms with E-state index in [4.69, 9.17) is 0 Å². The summed E-state index contributed by atoms with van der Waals surface area (Å²) in [7, 11) is -3.07. The van der Waals surface area contributed by atoms with Gasteiger partial charge < -0.3 is 4.90 Å². The predicted molar refractivity (Wildman–Crippen MR) is 76.9 cm³/mol. The van der Waals surface area contributed by atoms with Crippen molar-refractivity contribution in [3.8, 4) is 0 Å². The van der Waals surface area contributed by atoms with Gasteiger partial charge in [0.1, 0.15) is 11.6 Å². The van der Waals surface area contributed by atoms with Gasteiger partial charge in [0.15, 0.2) is 9.84 Å². The van der Waals surface area contributed by atoms with Crippen molar-refractivity contribution in [2.75, 3.05) is 18.8 Å². The highest BCUT2D eigenvalue weighted by Gasteiger charge is 2.47. The van der Waals surface area contributed by atoms with Crippen LogP contribution in [0.15, 0.2) is 18.2 Å². The minimum absolute atomic E-state index is 0.0276. The fourth-order valence-corrected chi connectivity index (χ4v) is 5.48. The highest BCUT2D eigenvalue weighted by atomic mass is 32.2. The maximum Gasteiger partial charge on any atom is 0.222 e. The van der Waals surface area contributed by atoms with Gasteiger partial charge in [-0.25, -0.2) is 17.2 Å². The van der Waals surface area contributed by atoms with Crippen molar-refractivity contribution in [2.24, 2.45) is 5.92 Å². The summed E-state index contributed by atoms with van der Waals surface area (Å²) in [6.45, 7) is 0.686. The number of benzene rings is 1. The van der Waals surface area contributed by atoms with E-state index in [1.807, 2.05) is 0 Å².